The topological polar surface area (TPSA) is 78.9 Å². The number of tetrazole rings is 1. The van der Waals surface area contributed by atoms with Gasteiger partial charge in [0.2, 0.25) is 0 Å². The number of aromatic nitrogens is 4. The molecular weight excluding hydrogens is 230 g/mol. The number of hydrogen-bond donors (Lipinski definition) is 1. The molecule has 0 spiro atoms. The Kier molecular flexibility index (Phi) is 2.62. The van der Waals surface area contributed by atoms with Crippen LogP contribution in [0.15, 0.2) is 18.2 Å². The second-order valence-electron chi connectivity index (χ2n) is 4.49. The summed E-state index contributed by atoms with van der Waals surface area (Å²) in [5.41, 5.74) is 7.42. The van der Waals surface area contributed by atoms with Crippen LogP contribution in [0.1, 0.15) is 25.3 Å². The van der Waals surface area contributed by atoms with Crippen molar-refractivity contribution in [3.8, 4) is 17.1 Å². The Bertz CT molecular complexity index is 561. The standard InChI is InChI=1S/C12H15N5O/c1-18-11-6-5-8(7-10(11)13)12-14-15-16-17(12)9-3-2-4-9/h5-7,9H,2-4,13H2,1H3. The van der Waals surface area contributed by atoms with E-state index >= 15 is 0 Å². The number of methoxy groups -OCH3 is 1. The number of ether oxygens (including phenoxy) is 1. The predicted molar refractivity (Wildman–Crippen MR) is 67.1 cm³/mol. The summed E-state index contributed by atoms with van der Waals surface area (Å²) in [6.07, 6.45) is 3.53. The number of nitrogen functional groups attached to an aromatic ring is 1. The van der Waals surface area contributed by atoms with Gasteiger partial charge in [-0.1, -0.05) is 0 Å². The highest BCUT2D eigenvalue weighted by atomic mass is 16.5. The fourth-order valence-corrected chi connectivity index (χ4v) is 2.13. The largest absolute Gasteiger partial charge is 0.495 e. The Hall–Kier alpha value is -2.11. The summed E-state index contributed by atoms with van der Waals surface area (Å²) in [6, 6.07) is 6.04. The molecule has 1 aliphatic rings. The predicted octanol–water partition coefficient (Wildman–Crippen LogP) is 1.66. The normalized spacial score (nSPS) is 15.4. The van der Waals surface area contributed by atoms with E-state index in [4.69, 9.17) is 10.5 Å². The van der Waals surface area contributed by atoms with E-state index < -0.39 is 0 Å². The van der Waals surface area contributed by atoms with Gasteiger partial charge in [0.05, 0.1) is 18.8 Å². The zero-order chi connectivity index (χ0) is 12.5. The highest BCUT2D eigenvalue weighted by molar-refractivity contribution is 5.66. The van der Waals surface area contributed by atoms with Crippen LogP contribution in [-0.4, -0.2) is 27.3 Å². The average molecular weight is 245 g/mol. The zero-order valence-electron chi connectivity index (χ0n) is 10.2. The second kappa shape index (κ2) is 4.29. The maximum Gasteiger partial charge on any atom is 0.182 e. The van der Waals surface area contributed by atoms with Crippen LogP contribution < -0.4 is 10.5 Å². The van der Waals surface area contributed by atoms with Crippen LogP contribution in [0.25, 0.3) is 11.4 Å². The molecule has 1 aromatic heterocycles. The first-order valence-electron chi connectivity index (χ1n) is 6.01. The van der Waals surface area contributed by atoms with Gasteiger partial charge < -0.3 is 10.5 Å². The third kappa shape index (κ3) is 1.70. The summed E-state index contributed by atoms with van der Waals surface area (Å²) in [5, 5.41) is 11.9. The zero-order valence-corrected chi connectivity index (χ0v) is 10.2. The summed E-state index contributed by atoms with van der Waals surface area (Å²) < 4.78 is 7.04. The van der Waals surface area contributed by atoms with Crippen LogP contribution in [0.2, 0.25) is 0 Å². The molecule has 0 unspecified atom stereocenters. The second-order valence-corrected chi connectivity index (χ2v) is 4.49. The molecule has 6 nitrogen and oxygen atoms in total. The van der Waals surface area contributed by atoms with Gasteiger partial charge in [-0.25, -0.2) is 4.68 Å². The van der Waals surface area contributed by atoms with E-state index in [1.165, 1.54) is 6.42 Å². The van der Waals surface area contributed by atoms with Gasteiger partial charge in [0.15, 0.2) is 5.82 Å². The van der Waals surface area contributed by atoms with Gasteiger partial charge in [-0.2, -0.15) is 0 Å². The molecule has 0 amide bonds. The fourth-order valence-electron chi connectivity index (χ4n) is 2.13. The third-order valence-electron chi connectivity index (χ3n) is 3.40. The lowest BCUT2D eigenvalue weighted by atomic mass is 9.93. The van der Waals surface area contributed by atoms with Gasteiger partial charge >= 0.3 is 0 Å². The molecule has 2 aromatic rings. The van der Waals surface area contributed by atoms with Crippen LogP contribution >= 0.6 is 0 Å². The molecule has 0 bridgehead atoms. The molecule has 3 rings (SSSR count). The van der Waals surface area contributed by atoms with E-state index in [-0.39, 0.29) is 0 Å². The Labute approximate surface area is 105 Å². The van der Waals surface area contributed by atoms with Crippen LogP contribution in [0, 0.1) is 0 Å². The monoisotopic (exact) mass is 245 g/mol. The molecule has 94 valence electrons. The molecule has 0 saturated heterocycles. The number of benzene rings is 1. The average Bonchev–Trinajstić information content (AvgIpc) is 2.75. The molecule has 18 heavy (non-hydrogen) atoms. The molecule has 1 aliphatic carbocycles. The van der Waals surface area contributed by atoms with Crippen LogP contribution in [0.5, 0.6) is 5.75 Å². The number of nitrogens with zero attached hydrogens (tertiary/aromatic N) is 4. The minimum atomic E-state index is 0.429. The Morgan fingerprint density at radius 2 is 2.22 bits per heavy atom. The lowest BCUT2D eigenvalue weighted by Gasteiger charge is -2.25. The SMILES string of the molecule is COc1ccc(-c2nnnn2C2CCC2)cc1N. The fraction of sp³-hybridized carbons (Fsp3) is 0.417. The van der Waals surface area contributed by atoms with Crippen LogP contribution in [0.4, 0.5) is 5.69 Å². The lowest BCUT2D eigenvalue weighted by molar-refractivity contribution is 0.287. The minimum Gasteiger partial charge on any atom is -0.495 e. The molecular formula is C12H15N5O. The van der Waals surface area contributed by atoms with Gasteiger partial charge in [-0.05, 0) is 47.9 Å². The van der Waals surface area contributed by atoms with Crippen molar-refractivity contribution in [1.29, 1.82) is 0 Å². The molecule has 1 saturated carbocycles. The van der Waals surface area contributed by atoms with Crippen molar-refractivity contribution in [3.05, 3.63) is 18.2 Å². The summed E-state index contributed by atoms with van der Waals surface area (Å²) in [7, 11) is 1.60. The maximum atomic E-state index is 5.91. The number of hydrogen-bond acceptors (Lipinski definition) is 5. The van der Waals surface area contributed by atoms with E-state index in [0.717, 1.165) is 24.2 Å². The van der Waals surface area contributed by atoms with Gasteiger partial charge in [-0.15, -0.1) is 5.10 Å². The summed E-state index contributed by atoms with van der Waals surface area (Å²) in [5.74, 6) is 1.44. The number of anilines is 1. The summed E-state index contributed by atoms with van der Waals surface area (Å²) in [6.45, 7) is 0. The van der Waals surface area contributed by atoms with E-state index in [2.05, 4.69) is 15.5 Å². The van der Waals surface area contributed by atoms with Crippen molar-refractivity contribution in [3.63, 3.8) is 0 Å². The molecule has 6 heteroatoms. The Balaban J connectivity index is 1.99. The third-order valence-corrected chi connectivity index (χ3v) is 3.40. The number of rotatable bonds is 3. The minimum absolute atomic E-state index is 0.429. The molecule has 1 aromatic carbocycles. The van der Waals surface area contributed by atoms with Crippen LogP contribution in [-0.2, 0) is 0 Å². The molecule has 0 aliphatic heterocycles. The van der Waals surface area contributed by atoms with Gasteiger partial charge in [0, 0.05) is 5.56 Å². The molecule has 0 atom stereocenters. The van der Waals surface area contributed by atoms with Crippen LogP contribution in [0.3, 0.4) is 0 Å². The van der Waals surface area contributed by atoms with Gasteiger partial charge in [-0.3, -0.25) is 0 Å². The van der Waals surface area contributed by atoms with E-state index in [0.29, 0.717) is 17.5 Å². The van der Waals surface area contributed by atoms with Crippen molar-refractivity contribution in [2.45, 2.75) is 25.3 Å². The lowest BCUT2D eigenvalue weighted by Crippen LogP contribution is -2.19. The van der Waals surface area contributed by atoms with Crippen molar-refractivity contribution >= 4 is 5.69 Å². The van der Waals surface area contributed by atoms with Crippen molar-refractivity contribution < 1.29 is 4.74 Å². The van der Waals surface area contributed by atoms with E-state index in [1.807, 2.05) is 22.9 Å². The molecule has 0 radical (unpaired) electrons. The highest BCUT2D eigenvalue weighted by Gasteiger charge is 2.24. The van der Waals surface area contributed by atoms with Gasteiger partial charge in [0.1, 0.15) is 5.75 Å². The first-order valence-corrected chi connectivity index (χ1v) is 6.01. The van der Waals surface area contributed by atoms with Crippen molar-refractivity contribution in [1.82, 2.24) is 20.2 Å². The Morgan fingerprint density at radius 1 is 1.39 bits per heavy atom. The van der Waals surface area contributed by atoms with E-state index in [1.54, 1.807) is 7.11 Å². The number of nitrogens with two attached hydrogens (primary N) is 1. The van der Waals surface area contributed by atoms with Gasteiger partial charge in [0.25, 0.3) is 0 Å². The molecule has 1 heterocycles. The smallest absolute Gasteiger partial charge is 0.182 e. The summed E-state index contributed by atoms with van der Waals surface area (Å²) in [4.78, 5) is 0. The van der Waals surface area contributed by atoms with E-state index in [9.17, 15) is 0 Å². The Morgan fingerprint density at radius 3 is 2.83 bits per heavy atom. The first-order chi connectivity index (χ1) is 8.79. The first kappa shape index (κ1) is 11.0. The summed E-state index contributed by atoms with van der Waals surface area (Å²) >= 11 is 0. The quantitative estimate of drug-likeness (QED) is 0.832. The molecule has 2 N–H and O–H groups in total. The van der Waals surface area contributed by atoms with Crippen molar-refractivity contribution in [2.75, 3.05) is 12.8 Å². The highest BCUT2D eigenvalue weighted by Crippen LogP contribution is 2.34. The van der Waals surface area contributed by atoms with Crippen molar-refractivity contribution in [2.24, 2.45) is 0 Å². The maximum absolute atomic E-state index is 5.91. The molecule has 1 fully saturated rings.